The number of carboxylic acids is 1. The molecule has 0 aromatic heterocycles. The van der Waals surface area contributed by atoms with Crippen molar-refractivity contribution in [3.8, 4) is 0 Å². The average molecular weight is 1200 g/mol. The van der Waals surface area contributed by atoms with E-state index in [1.165, 1.54) is 283 Å². The maximum absolute atomic E-state index is 12.9. The zero-order valence-electron chi connectivity index (χ0n) is 57.0. The van der Waals surface area contributed by atoms with Gasteiger partial charge in [-0.2, -0.15) is 0 Å². The Labute approximate surface area is 527 Å². The first kappa shape index (κ1) is 82.2. The van der Waals surface area contributed by atoms with Crippen molar-refractivity contribution in [1.82, 2.24) is 0 Å². The number of carbonyl (C=O) groups excluding carboxylic acids is 3. The molecule has 9 heteroatoms. The molecule has 9 nitrogen and oxygen atoms in total. The van der Waals surface area contributed by atoms with Gasteiger partial charge in [-0.15, -0.1) is 0 Å². The number of hydrogen-bond donors (Lipinski definition) is 0. The van der Waals surface area contributed by atoms with Crippen LogP contribution in [0.3, 0.4) is 0 Å². The summed E-state index contributed by atoms with van der Waals surface area (Å²) >= 11 is 0. The third-order valence-corrected chi connectivity index (χ3v) is 16.5. The molecule has 0 N–H and O–H groups in total. The maximum Gasteiger partial charge on any atom is 0.306 e. The molecule has 85 heavy (non-hydrogen) atoms. The molecule has 0 saturated heterocycles. The number of carboxylic acid groups (broad SMARTS) is 1. The second kappa shape index (κ2) is 67.2. The third-order valence-electron chi connectivity index (χ3n) is 16.5. The van der Waals surface area contributed by atoms with Gasteiger partial charge in [-0.25, -0.2) is 0 Å². The first-order valence-corrected chi connectivity index (χ1v) is 36.8. The lowest BCUT2D eigenvalue weighted by atomic mass is 10.0. The van der Waals surface area contributed by atoms with Crippen molar-refractivity contribution in [2.24, 2.45) is 0 Å². The van der Waals surface area contributed by atoms with Crippen LogP contribution in [0.25, 0.3) is 0 Å². The molecule has 0 spiro atoms. The van der Waals surface area contributed by atoms with Crippen LogP contribution in [0.5, 0.6) is 0 Å². The van der Waals surface area contributed by atoms with Crippen molar-refractivity contribution < 1.29 is 42.9 Å². The van der Waals surface area contributed by atoms with E-state index in [-0.39, 0.29) is 32.2 Å². The van der Waals surface area contributed by atoms with Gasteiger partial charge in [0.05, 0.1) is 40.3 Å². The largest absolute Gasteiger partial charge is 0.545 e. The normalized spacial score (nSPS) is 12.9. The highest BCUT2D eigenvalue weighted by molar-refractivity contribution is 5.70. The number of ether oxygens (including phenoxy) is 4. The van der Waals surface area contributed by atoms with Crippen molar-refractivity contribution in [2.75, 3.05) is 47.5 Å². The molecule has 0 amide bonds. The molecule has 0 heterocycles. The van der Waals surface area contributed by atoms with Gasteiger partial charge in [0.15, 0.2) is 12.4 Å². The van der Waals surface area contributed by atoms with Crippen molar-refractivity contribution in [1.29, 1.82) is 0 Å². The molecule has 0 aliphatic rings. The van der Waals surface area contributed by atoms with Gasteiger partial charge < -0.3 is 33.3 Å². The molecule has 0 radical (unpaired) electrons. The Hall–Kier alpha value is -2.75. The monoisotopic (exact) mass is 1200 g/mol. The molecule has 2 atom stereocenters. The van der Waals surface area contributed by atoms with E-state index in [0.717, 1.165) is 51.4 Å². The summed E-state index contributed by atoms with van der Waals surface area (Å²) in [5.41, 5.74) is 0. The Morgan fingerprint density at radius 3 is 0.953 bits per heavy atom. The SMILES string of the molecule is CCCCCCC/C=C\C/C=C\C/C=C\CCCCCCCCCCCCCCCCCCCCCCCCCCCCC(=O)OC(COC(=O)CCCCCCCCCCC/C=C\CCCCCCCC)COC(OCC[N+](C)(C)C)C(=O)[O-]. The second-order valence-electron chi connectivity index (χ2n) is 26.2. The van der Waals surface area contributed by atoms with Crippen molar-refractivity contribution in [3.05, 3.63) is 48.6 Å². The van der Waals surface area contributed by atoms with Crippen LogP contribution in [0.2, 0.25) is 0 Å². The quantitative estimate of drug-likeness (QED) is 0.0195. The number of hydrogen-bond acceptors (Lipinski definition) is 8. The molecule has 0 saturated carbocycles. The average Bonchev–Trinajstić information content (AvgIpc) is 3.49. The molecule has 0 aliphatic heterocycles. The van der Waals surface area contributed by atoms with E-state index in [1.807, 2.05) is 21.1 Å². The topological polar surface area (TPSA) is 111 Å². The zero-order chi connectivity index (χ0) is 61.9. The fourth-order valence-corrected chi connectivity index (χ4v) is 10.9. The summed E-state index contributed by atoms with van der Waals surface area (Å²) in [6, 6.07) is 0. The molecule has 0 aliphatic carbocycles. The van der Waals surface area contributed by atoms with Gasteiger partial charge in [-0.3, -0.25) is 9.59 Å². The van der Waals surface area contributed by atoms with E-state index < -0.39 is 24.3 Å². The van der Waals surface area contributed by atoms with Crippen molar-refractivity contribution in [2.45, 2.75) is 373 Å². The van der Waals surface area contributed by atoms with E-state index in [2.05, 4.69) is 62.5 Å². The summed E-state index contributed by atoms with van der Waals surface area (Å²) in [4.78, 5) is 37.4. The number of rotatable bonds is 69. The van der Waals surface area contributed by atoms with Crippen LogP contribution in [0.15, 0.2) is 48.6 Å². The van der Waals surface area contributed by atoms with Crippen LogP contribution in [0, 0.1) is 0 Å². The Morgan fingerprint density at radius 1 is 0.353 bits per heavy atom. The number of unbranched alkanes of at least 4 members (excludes halogenated alkanes) is 46. The second-order valence-corrected chi connectivity index (χ2v) is 26.2. The smallest absolute Gasteiger partial charge is 0.306 e. The number of nitrogens with zero attached hydrogens (tertiary/aromatic N) is 1. The molecule has 2 unspecified atom stereocenters. The highest BCUT2D eigenvalue weighted by Crippen LogP contribution is 2.19. The summed E-state index contributed by atoms with van der Waals surface area (Å²) in [5, 5.41) is 11.8. The summed E-state index contributed by atoms with van der Waals surface area (Å²) in [6.07, 6.45) is 83.6. The minimum Gasteiger partial charge on any atom is -0.545 e. The third kappa shape index (κ3) is 68.6. The number of quaternary nitrogens is 1. The van der Waals surface area contributed by atoms with Gasteiger partial charge in [-0.05, 0) is 77.0 Å². The van der Waals surface area contributed by atoms with Crippen LogP contribution in [-0.2, 0) is 33.3 Å². The predicted octanol–water partition coefficient (Wildman–Crippen LogP) is 21.6. The van der Waals surface area contributed by atoms with Gasteiger partial charge in [-0.1, -0.05) is 319 Å². The lowest BCUT2D eigenvalue weighted by molar-refractivity contribution is -0.870. The van der Waals surface area contributed by atoms with Gasteiger partial charge in [0.1, 0.15) is 13.2 Å². The summed E-state index contributed by atoms with van der Waals surface area (Å²) in [5.74, 6) is -2.26. The molecular formula is C76H141NO8. The molecule has 498 valence electrons. The fourth-order valence-electron chi connectivity index (χ4n) is 10.9. The molecule has 0 bridgehead atoms. The van der Waals surface area contributed by atoms with Crippen LogP contribution in [-0.4, -0.2) is 82.3 Å². The first-order valence-electron chi connectivity index (χ1n) is 36.8. The molecule has 0 rings (SSSR count). The van der Waals surface area contributed by atoms with Gasteiger partial charge in [0, 0.05) is 12.8 Å². The van der Waals surface area contributed by atoms with Gasteiger partial charge in [0.25, 0.3) is 0 Å². The first-order chi connectivity index (χ1) is 41.6. The lowest BCUT2D eigenvalue weighted by Crippen LogP contribution is -2.44. The Balaban J connectivity index is 3.94. The van der Waals surface area contributed by atoms with Crippen LogP contribution < -0.4 is 5.11 Å². The van der Waals surface area contributed by atoms with E-state index in [1.54, 1.807) is 0 Å². The number of likely N-dealkylation sites (N-methyl/N-ethyl adjacent to an activating group) is 1. The Morgan fingerprint density at radius 2 is 0.635 bits per heavy atom. The molecule has 0 fully saturated rings. The summed E-state index contributed by atoms with van der Waals surface area (Å²) in [7, 11) is 5.94. The molecule has 0 aromatic rings. The zero-order valence-corrected chi connectivity index (χ0v) is 57.0. The minimum absolute atomic E-state index is 0.150. The highest BCUT2D eigenvalue weighted by atomic mass is 16.7. The summed E-state index contributed by atoms with van der Waals surface area (Å²) < 4.78 is 22.8. The Kier molecular flexibility index (Phi) is 65.0. The van der Waals surface area contributed by atoms with Crippen molar-refractivity contribution >= 4 is 17.9 Å². The fraction of sp³-hybridized carbons (Fsp3) is 0.855. The van der Waals surface area contributed by atoms with Crippen LogP contribution >= 0.6 is 0 Å². The molecular weight excluding hydrogens is 1050 g/mol. The minimum atomic E-state index is -1.62. The van der Waals surface area contributed by atoms with Gasteiger partial charge >= 0.3 is 11.9 Å². The predicted molar refractivity (Wildman–Crippen MR) is 362 cm³/mol. The van der Waals surface area contributed by atoms with E-state index >= 15 is 0 Å². The Bertz CT molecular complexity index is 1530. The van der Waals surface area contributed by atoms with Crippen LogP contribution in [0.1, 0.15) is 361 Å². The van der Waals surface area contributed by atoms with E-state index in [4.69, 9.17) is 18.9 Å². The van der Waals surface area contributed by atoms with E-state index in [0.29, 0.717) is 17.4 Å². The number of aliphatic carboxylic acids is 1. The number of allylic oxidation sites excluding steroid dienone is 8. The van der Waals surface area contributed by atoms with Gasteiger partial charge in [0.2, 0.25) is 0 Å². The van der Waals surface area contributed by atoms with Crippen molar-refractivity contribution in [3.63, 3.8) is 0 Å². The number of carbonyl (C=O) groups is 3. The lowest BCUT2D eigenvalue weighted by Gasteiger charge is -2.26. The summed E-state index contributed by atoms with van der Waals surface area (Å²) in [6.45, 7) is 4.78. The van der Waals surface area contributed by atoms with E-state index in [9.17, 15) is 19.5 Å². The maximum atomic E-state index is 12.9. The standard InChI is InChI=1S/C76H141NO8/c1-6-8-10-12-14-16-18-20-22-24-26-27-28-29-30-31-32-33-34-35-36-37-38-39-40-41-42-43-44-45-46-47-49-51-53-55-57-59-61-63-65-67-74(79)85-72(71-84-76(75(80)81)82-69-68-77(3,4)5)70-83-73(78)66-64-62-60-58-56-54-52-50-48-25-23-21-19-17-15-13-11-9-7-2/h18,20-21,23-24,26,28-29,72,76H,6-17,19,22,25,27,30-71H2,1-5H3/b20-18-,23-21-,26-24-,29-28-. The van der Waals surface area contributed by atoms with Crippen LogP contribution in [0.4, 0.5) is 0 Å². The highest BCUT2D eigenvalue weighted by Gasteiger charge is 2.22. The number of esters is 2. The molecule has 0 aromatic carbocycles.